The van der Waals surface area contributed by atoms with Crippen molar-refractivity contribution in [2.75, 3.05) is 24.5 Å². The Hall–Kier alpha value is -1.58. The summed E-state index contributed by atoms with van der Waals surface area (Å²) in [6.07, 6.45) is 8.14. The van der Waals surface area contributed by atoms with Crippen LogP contribution in [0.3, 0.4) is 0 Å². The van der Waals surface area contributed by atoms with E-state index in [0.29, 0.717) is 11.5 Å². The summed E-state index contributed by atoms with van der Waals surface area (Å²) >= 11 is 0. The maximum absolute atomic E-state index is 12.1. The second-order valence-electron chi connectivity index (χ2n) is 5.79. The predicted molar refractivity (Wildman–Crippen MR) is 86.7 cm³/mol. The molecule has 1 N–H and O–H groups in total. The van der Waals surface area contributed by atoms with Crippen LogP contribution in [0.4, 0.5) is 5.82 Å². The third-order valence-corrected chi connectivity index (χ3v) is 4.37. The fourth-order valence-corrected chi connectivity index (χ4v) is 2.99. The van der Waals surface area contributed by atoms with Gasteiger partial charge in [-0.2, -0.15) is 0 Å². The first-order valence-corrected chi connectivity index (χ1v) is 8.23. The minimum Gasteiger partial charge on any atom is -0.357 e. The summed E-state index contributed by atoms with van der Waals surface area (Å²) in [6.45, 7) is 6.87. The Labute approximate surface area is 127 Å². The van der Waals surface area contributed by atoms with Gasteiger partial charge >= 0.3 is 0 Å². The Balaban J connectivity index is 1.87. The molecule has 1 saturated carbocycles. The van der Waals surface area contributed by atoms with Crippen molar-refractivity contribution in [1.82, 2.24) is 10.3 Å². The summed E-state index contributed by atoms with van der Waals surface area (Å²) in [6, 6.07) is 3.80. The summed E-state index contributed by atoms with van der Waals surface area (Å²) in [4.78, 5) is 18.7. The number of nitrogens with one attached hydrogen (secondary N) is 1. The number of carbonyl (C=O) groups excluding carboxylic acids is 1. The van der Waals surface area contributed by atoms with E-state index in [9.17, 15) is 4.79 Å². The maximum atomic E-state index is 12.1. The van der Waals surface area contributed by atoms with Gasteiger partial charge in [0.1, 0.15) is 5.82 Å². The van der Waals surface area contributed by atoms with E-state index in [1.165, 1.54) is 32.1 Å². The lowest BCUT2D eigenvalue weighted by molar-refractivity contribution is 0.0943. The lowest BCUT2D eigenvalue weighted by atomic mass is 9.89. The van der Waals surface area contributed by atoms with Crippen LogP contribution in [0.1, 0.15) is 56.3 Å². The molecule has 0 saturated heterocycles. The van der Waals surface area contributed by atoms with E-state index >= 15 is 0 Å². The molecule has 2 rings (SSSR count). The highest BCUT2D eigenvalue weighted by Gasteiger charge is 2.15. The van der Waals surface area contributed by atoms with Gasteiger partial charge in [0, 0.05) is 25.8 Å². The first-order chi connectivity index (χ1) is 10.2. The Morgan fingerprint density at radius 3 is 2.52 bits per heavy atom. The molecule has 1 aliphatic carbocycles. The Bertz CT molecular complexity index is 434. The third-order valence-electron chi connectivity index (χ3n) is 4.37. The van der Waals surface area contributed by atoms with Gasteiger partial charge in [0.05, 0.1) is 5.56 Å². The van der Waals surface area contributed by atoms with Gasteiger partial charge in [-0.15, -0.1) is 0 Å². The maximum Gasteiger partial charge on any atom is 0.252 e. The van der Waals surface area contributed by atoms with Gasteiger partial charge in [-0.3, -0.25) is 4.79 Å². The lowest BCUT2D eigenvalue weighted by Gasteiger charge is -2.22. The normalized spacial score (nSPS) is 15.7. The molecule has 0 aromatic carbocycles. The van der Waals surface area contributed by atoms with E-state index in [1.807, 2.05) is 12.1 Å². The van der Waals surface area contributed by atoms with Crippen LogP contribution in [-0.4, -0.2) is 30.5 Å². The molecule has 0 spiro atoms. The second kappa shape index (κ2) is 8.01. The molecule has 116 valence electrons. The lowest BCUT2D eigenvalue weighted by Crippen LogP contribution is -2.30. The zero-order valence-corrected chi connectivity index (χ0v) is 13.3. The number of aromatic nitrogens is 1. The topological polar surface area (TPSA) is 45.2 Å². The molecule has 1 aromatic heterocycles. The van der Waals surface area contributed by atoms with Crippen molar-refractivity contribution in [3.05, 3.63) is 23.9 Å². The molecule has 0 bridgehead atoms. The number of amides is 1. The molecule has 0 atom stereocenters. The third kappa shape index (κ3) is 4.45. The number of nitrogens with zero attached hydrogens (tertiary/aromatic N) is 2. The average molecular weight is 289 g/mol. The molecule has 0 radical (unpaired) electrons. The van der Waals surface area contributed by atoms with E-state index < -0.39 is 0 Å². The molecule has 21 heavy (non-hydrogen) atoms. The molecule has 0 aliphatic heterocycles. The van der Waals surface area contributed by atoms with Crippen molar-refractivity contribution >= 4 is 11.7 Å². The average Bonchev–Trinajstić information content (AvgIpc) is 2.55. The minimum absolute atomic E-state index is 0.000768. The molecule has 0 unspecified atom stereocenters. The molecule has 1 aliphatic rings. The number of hydrogen-bond acceptors (Lipinski definition) is 3. The standard InChI is InChI=1S/C17H27N3O/c1-3-20(4-2)16-11-10-15(13-18-16)17(21)19-12-14-8-6-5-7-9-14/h10-11,13-14H,3-9,12H2,1-2H3,(H,19,21). The Morgan fingerprint density at radius 1 is 1.24 bits per heavy atom. The summed E-state index contributed by atoms with van der Waals surface area (Å²) in [5, 5.41) is 3.05. The van der Waals surface area contributed by atoms with Crippen LogP contribution in [0.2, 0.25) is 0 Å². The van der Waals surface area contributed by atoms with Crippen molar-refractivity contribution in [2.45, 2.75) is 46.0 Å². The Kier molecular flexibility index (Phi) is 6.03. The molecule has 4 nitrogen and oxygen atoms in total. The van der Waals surface area contributed by atoms with Gasteiger partial charge in [-0.05, 0) is 44.7 Å². The van der Waals surface area contributed by atoms with E-state index in [4.69, 9.17) is 0 Å². The summed E-state index contributed by atoms with van der Waals surface area (Å²) in [7, 11) is 0. The highest BCUT2D eigenvalue weighted by Crippen LogP contribution is 2.22. The van der Waals surface area contributed by atoms with Gasteiger partial charge in [-0.1, -0.05) is 19.3 Å². The fraction of sp³-hybridized carbons (Fsp3) is 0.647. The number of anilines is 1. The van der Waals surface area contributed by atoms with Crippen LogP contribution in [0.15, 0.2) is 18.3 Å². The van der Waals surface area contributed by atoms with Crippen LogP contribution in [0.25, 0.3) is 0 Å². The molecular weight excluding hydrogens is 262 g/mol. The molecule has 1 fully saturated rings. The fourth-order valence-electron chi connectivity index (χ4n) is 2.99. The zero-order chi connectivity index (χ0) is 15.1. The molecular formula is C17H27N3O. The van der Waals surface area contributed by atoms with Gasteiger partial charge < -0.3 is 10.2 Å². The number of hydrogen-bond donors (Lipinski definition) is 1. The van der Waals surface area contributed by atoms with Crippen LogP contribution in [-0.2, 0) is 0 Å². The zero-order valence-electron chi connectivity index (χ0n) is 13.3. The number of rotatable bonds is 6. The van der Waals surface area contributed by atoms with Crippen molar-refractivity contribution < 1.29 is 4.79 Å². The summed E-state index contributed by atoms with van der Waals surface area (Å²) < 4.78 is 0. The first kappa shape index (κ1) is 15.8. The quantitative estimate of drug-likeness (QED) is 0.874. The van der Waals surface area contributed by atoms with E-state index in [0.717, 1.165) is 25.5 Å². The summed E-state index contributed by atoms with van der Waals surface area (Å²) in [5.41, 5.74) is 0.654. The smallest absolute Gasteiger partial charge is 0.252 e. The van der Waals surface area contributed by atoms with Gasteiger partial charge in [0.25, 0.3) is 5.91 Å². The van der Waals surface area contributed by atoms with Crippen LogP contribution >= 0.6 is 0 Å². The van der Waals surface area contributed by atoms with Gasteiger partial charge in [0.15, 0.2) is 0 Å². The monoisotopic (exact) mass is 289 g/mol. The largest absolute Gasteiger partial charge is 0.357 e. The Morgan fingerprint density at radius 2 is 1.95 bits per heavy atom. The predicted octanol–water partition coefficient (Wildman–Crippen LogP) is 3.24. The van der Waals surface area contributed by atoms with Crippen molar-refractivity contribution in [3.63, 3.8) is 0 Å². The molecule has 1 amide bonds. The van der Waals surface area contributed by atoms with Crippen LogP contribution in [0.5, 0.6) is 0 Å². The SMILES string of the molecule is CCN(CC)c1ccc(C(=O)NCC2CCCCC2)cn1. The van der Waals surface area contributed by atoms with E-state index in [2.05, 4.69) is 29.0 Å². The van der Waals surface area contributed by atoms with Crippen molar-refractivity contribution in [2.24, 2.45) is 5.92 Å². The second-order valence-corrected chi connectivity index (χ2v) is 5.79. The molecule has 1 heterocycles. The highest BCUT2D eigenvalue weighted by atomic mass is 16.1. The van der Waals surface area contributed by atoms with Crippen LogP contribution in [0, 0.1) is 5.92 Å². The first-order valence-electron chi connectivity index (χ1n) is 8.23. The molecule has 4 heteroatoms. The van der Waals surface area contributed by atoms with Crippen molar-refractivity contribution in [1.29, 1.82) is 0 Å². The van der Waals surface area contributed by atoms with Crippen molar-refractivity contribution in [3.8, 4) is 0 Å². The highest BCUT2D eigenvalue weighted by molar-refractivity contribution is 5.94. The summed E-state index contributed by atoms with van der Waals surface area (Å²) in [5.74, 6) is 1.59. The van der Waals surface area contributed by atoms with Gasteiger partial charge in [0.2, 0.25) is 0 Å². The van der Waals surface area contributed by atoms with Gasteiger partial charge in [-0.25, -0.2) is 4.98 Å². The number of carbonyl (C=O) groups is 1. The molecule has 1 aromatic rings. The van der Waals surface area contributed by atoms with Crippen LogP contribution < -0.4 is 10.2 Å². The van der Waals surface area contributed by atoms with E-state index in [1.54, 1.807) is 6.20 Å². The van der Waals surface area contributed by atoms with E-state index in [-0.39, 0.29) is 5.91 Å². The number of pyridine rings is 1. The minimum atomic E-state index is -0.000768.